The van der Waals surface area contributed by atoms with Gasteiger partial charge in [0.15, 0.2) is 5.75 Å². The first kappa shape index (κ1) is 10.1. The summed E-state index contributed by atoms with van der Waals surface area (Å²) in [6.07, 6.45) is 6.97. The fourth-order valence-electron chi connectivity index (χ4n) is 3.16. The Bertz CT molecular complexity index is 389. The number of aryl methyl sites for hydroxylation is 1. The number of rotatable bonds is 3. The van der Waals surface area contributed by atoms with Crippen LogP contribution < -0.4 is 10.1 Å². The monoisotopic (exact) mass is 221 g/mol. The van der Waals surface area contributed by atoms with Gasteiger partial charge in [-0.15, -0.1) is 0 Å². The van der Waals surface area contributed by atoms with E-state index in [1.807, 2.05) is 17.9 Å². The molecule has 0 aromatic carbocycles. The molecule has 0 spiro atoms. The largest absolute Gasteiger partial charge is 0.493 e. The highest BCUT2D eigenvalue weighted by Gasteiger charge is 2.51. The Morgan fingerprint density at radius 3 is 2.94 bits per heavy atom. The zero-order valence-electron chi connectivity index (χ0n) is 9.99. The van der Waals surface area contributed by atoms with Gasteiger partial charge in [0.1, 0.15) is 5.69 Å². The van der Waals surface area contributed by atoms with Crippen LogP contribution in [0.5, 0.6) is 5.75 Å². The normalized spacial score (nSPS) is 29.6. The molecule has 1 saturated heterocycles. The van der Waals surface area contributed by atoms with Crippen LogP contribution in [0.1, 0.15) is 31.4 Å². The van der Waals surface area contributed by atoms with E-state index in [9.17, 15) is 0 Å². The van der Waals surface area contributed by atoms with Crippen LogP contribution in [0, 0.1) is 5.92 Å². The minimum Gasteiger partial charge on any atom is -0.493 e. The predicted molar refractivity (Wildman–Crippen MR) is 61.4 cm³/mol. The van der Waals surface area contributed by atoms with Gasteiger partial charge in [-0.25, -0.2) is 0 Å². The average molecular weight is 221 g/mol. The summed E-state index contributed by atoms with van der Waals surface area (Å²) < 4.78 is 7.44. The van der Waals surface area contributed by atoms with Crippen LogP contribution in [-0.4, -0.2) is 23.4 Å². The lowest BCUT2D eigenvalue weighted by Crippen LogP contribution is -2.41. The van der Waals surface area contributed by atoms with E-state index in [2.05, 4.69) is 10.4 Å². The molecule has 16 heavy (non-hydrogen) atoms. The molecular formula is C12H19N3O. The Balaban J connectivity index is 2.07. The van der Waals surface area contributed by atoms with Gasteiger partial charge in [-0.3, -0.25) is 4.68 Å². The van der Waals surface area contributed by atoms with Crippen LogP contribution in [0.2, 0.25) is 0 Å². The van der Waals surface area contributed by atoms with E-state index in [0.29, 0.717) is 0 Å². The maximum absolute atomic E-state index is 5.46. The number of nitrogens with zero attached hydrogens (tertiary/aromatic N) is 2. The molecule has 2 heterocycles. The van der Waals surface area contributed by atoms with Crippen molar-refractivity contribution in [3.8, 4) is 5.75 Å². The van der Waals surface area contributed by atoms with E-state index in [1.165, 1.54) is 31.4 Å². The summed E-state index contributed by atoms with van der Waals surface area (Å²) in [5.41, 5.74) is 1.38. The number of aromatic nitrogens is 2. The van der Waals surface area contributed by atoms with Gasteiger partial charge in [0.05, 0.1) is 18.8 Å². The molecular weight excluding hydrogens is 202 g/mol. The van der Waals surface area contributed by atoms with E-state index >= 15 is 0 Å². The lowest BCUT2D eigenvalue weighted by molar-refractivity contribution is 0.294. The number of nitrogens with one attached hydrogen (secondary N) is 1. The highest BCUT2D eigenvalue weighted by Crippen LogP contribution is 2.52. The van der Waals surface area contributed by atoms with Crippen LogP contribution in [0.3, 0.4) is 0 Å². The number of ether oxygens (including phenoxy) is 1. The lowest BCUT2D eigenvalue weighted by Gasteiger charge is -2.30. The molecule has 2 aliphatic rings. The van der Waals surface area contributed by atoms with Crippen molar-refractivity contribution in [2.75, 3.05) is 13.7 Å². The fourth-order valence-corrected chi connectivity index (χ4v) is 3.16. The van der Waals surface area contributed by atoms with E-state index in [1.54, 1.807) is 7.11 Å². The van der Waals surface area contributed by atoms with Gasteiger partial charge in [0.2, 0.25) is 0 Å². The van der Waals surface area contributed by atoms with Crippen LogP contribution >= 0.6 is 0 Å². The van der Waals surface area contributed by atoms with Crippen molar-refractivity contribution in [1.82, 2.24) is 15.1 Å². The molecule has 1 unspecified atom stereocenters. The molecule has 4 heteroatoms. The molecule has 1 atom stereocenters. The first-order valence-corrected chi connectivity index (χ1v) is 6.09. The smallest absolute Gasteiger partial charge is 0.161 e. The van der Waals surface area contributed by atoms with Crippen molar-refractivity contribution in [2.45, 2.75) is 31.2 Å². The van der Waals surface area contributed by atoms with Crippen molar-refractivity contribution in [1.29, 1.82) is 0 Å². The molecule has 4 nitrogen and oxygen atoms in total. The first-order chi connectivity index (χ1) is 7.78. The molecule has 1 aromatic rings. The van der Waals surface area contributed by atoms with Crippen molar-refractivity contribution in [3.05, 3.63) is 11.9 Å². The second kappa shape index (κ2) is 3.48. The molecule has 3 rings (SSSR count). The van der Waals surface area contributed by atoms with Crippen molar-refractivity contribution < 1.29 is 4.74 Å². The summed E-state index contributed by atoms with van der Waals surface area (Å²) in [5, 5.41) is 8.05. The van der Waals surface area contributed by atoms with Crippen molar-refractivity contribution in [2.24, 2.45) is 13.0 Å². The highest BCUT2D eigenvalue weighted by atomic mass is 16.5. The predicted octanol–water partition coefficient (Wildman–Crippen LogP) is 1.42. The molecule has 88 valence electrons. The van der Waals surface area contributed by atoms with Crippen molar-refractivity contribution >= 4 is 0 Å². The van der Waals surface area contributed by atoms with Gasteiger partial charge in [0, 0.05) is 7.05 Å². The third-order valence-electron chi connectivity index (χ3n) is 4.01. The molecule has 1 aromatic heterocycles. The van der Waals surface area contributed by atoms with Gasteiger partial charge in [-0.2, -0.15) is 5.10 Å². The SMILES string of the molecule is COc1cnn(C)c1C1(C2CC2)CCCN1. The maximum atomic E-state index is 5.46. The highest BCUT2D eigenvalue weighted by molar-refractivity contribution is 5.35. The summed E-state index contributed by atoms with van der Waals surface area (Å²) >= 11 is 0. The molecule has 1 aliphatic carbocycles. The number of hydrogen-bond acceptors (Lipinski definition) is 3. The molecule has 0 radical (unpaired) electrons. The fraction of sp³-hybridized carbons (Fsp3) is 0.750. The Labute approximate surface area is 96.0 Å². The zero-order valence-corrected chi connectivity index (χ0v) is 9.99. The lowest BCUT2D eigenvalue weighted by atomic mass is 9.87. The Hall–Kier alpha value is -1.03. The Morgan fingerprint density at radius 1 is 1.56 bits per heavy atom. The first-order valence-electron chi connectivity index (χ1n) is 6.09. The molecule has 1 saturated carbocycles. The molecule has 0 bridgehead atoms. The van der Waals surface area contributed by atoms with Gasteiger partial charge < -0.3 is 10.1 Å². The van der Waals surface area contributed by atoms with Gasteiger partial charge >= 0.3 is 0 Å². The Kier molecular flexibility index (Phi) is 2.21. The summed E-state index contributed by atoms with van der Waals surface area (Å²) in [6.45, 7) is 1.12. The van der Waals surface area contributed by atoms with E-state index < -0.39 is 0 Å². The summed E-state index contributed by atoms with van der Waals surface area (Å²) in [7, 11) is 3.75. The molecule has 1 N–H and O–H groups in total. The van der Waals surface area contributed by atoms with E-state index in [0.717, 1.165) is 18.2 Å². The number of hydrogen-bond donors (Lipinski definition) is 1. The summed E-state index contributed by atoms with van der Waals surface area (Å²) in [4.78, 5) is 0. The zero-order chi connectivity index (χ0) is 11.2. The second-order valence-corrected chi connectivity index (χ2v) is 4.96. The minimum atomic E-state index is 0.136. The third-order valence-corrected chi connectivity index (χ3v) is 4.01. The van der Waals surface area contributed by atoms with Gasteiger partial charge in [0.25, 0.3) is 0 Å². The van der Waals surface area contributed by atoms with Crippen molar-refractivity contribution in [3.63, 3.8) is 0 Å². The second-order valence-electron chi connectivity index (χ2n) is 4.96. The van der Waals surface area contributed by atoms with E-state index in [-0.39, 0.29) is 5.54 Å². The molecule has 2 fully saturated rings. The summed E-state index contributed by atoms with van der Waals surface area (Å²) in [5.74, 6) is 1.71. The maximum Gasteiger partial charge on any atom is 0.161 e. The summed E-state index contributed by atoms with van der Waals surface area (Å²) in [6, 6.07) is 0. The van der Waals surface area contributed by atoms with Crippen LogP contribution in [0.4, 0.5) is 0 Å². The number of methoxy groups -OCH3 is 1. The quantitative estimate of drug-likeness (QED) is 0.839. The van der Waals surface area contributed by atoms with E-state index in [4.69, 9.17) is 4.74 Å². The van der Waals surface area contributed by atoms with Crippen LogP contribution in [-0.2, 0) is 12.6 Å². The van der Waals surface area contributed by atoms with Gasteiger partial charge in [-0.1, -0.05) is 0 Å². The Morgan fingerprint density at radius 2 is 2.38 bits per heavy atom. The average Bonchev–Trinajstić information content (AvgIpc) is 2.92. The standard InChI is InChI=1S/C12H19N3O/c1-15-11(10(16-2)8-14-15)12(9-4-5-9)6-3-7-13-12/h8-9,13H,3-7H2,1-2H3. The minimum absolute atomic E-state index is 0.136. The molecule has 0 amide bonds. The topological polar surface area (TPSA) is 39.1 Å². The van der Waals surface area contributed by atoms with Crippen LogP contribution in [0.15, 0.2) is 6.20 Å². The van der Waals surface area contributed by atoms with Crippen LogP contribution in [0.25, 0.3) is 0 Å². The van der Waals surface area contributed by atoms with Gasteiger partial charge in [-0.05, 0) is 38.1 Å². The third kappa shape index (κ3) is 1.29. The molecule has 1 aliphatic heterocycles.